The van der Waals surface area contributed by atoms with Gasteiger partial charge in [0.2, 0.25) is 0 Å². The first kappa shape index (κ1) is 16.3. The van der Waals surface area contributed by atoms with Crippen molar-refractivity contribution >= 4 is 28.5 Å². The van der Waals surface area contributed by atoms with E-state index in [4.69, 9.17) is 0 Å². The van der Waals surface area contributed by atoms with Gasteiger partial charge in [-0.1, -0.05) is 12.2 Å². The minimum atomic E-state index is -0.413. The second-order valence-corrected chi connectivity index (χ2v) is 6.22. The average molecular weight is 353 g/mol. The highest BCUT2D eigenvalue weighted by atomic mass is 19.1. The zero-order valence-corrected chi connectivity index (χ0v) is 13.9. The van der Waals surface area contributed by atoms with E-state index in [1.54, 1.807) is 18.2 Å². The lowest BCUT2D eigenvalue weighted by Crippen LogP contribution is -2.27. The van der Waals surface area contributed by atoms with Crippen LogP contribution in [0.4, 0.5) is 25.8 Å². The van der Waals surface area contributed by atoms with E-state index < -0.39 is 5.82 Å². The fourth-order valence-electron chi connectivity index (χ4n) is 3.18. The Morgan fingerprint density at radius 1 is 1.12 bits per heavy atom. The van der Waals surface area contributed by atoms with Crippen LogP contribution in [0.2, 0.25) is 0 Å². The number of nitrogens with one attached hydrogen (secondary N) is 2. The highest BCUT2D eigenvalue weighted by Gasteiger charge is 2.24. The molecular formula is C20H17F2N3O. The Bertz CT molecular complexity index is 937. The van der Waals surface area contributed by atoms with Crippen LogP contribution in [0.1, 0.15) is 12.0 Å². The number of anilines is 3. The summed E-state index contributed by atoms with van der Waals surface area (Å²) in [6.07, 6.45) is 6.53. The van der Waals surface area contributed by atoms with Gasteiger partial charge in [-0.15, -0.1) is 0 Å². The Balaban J connectivity index is 1.55. The molecule has 6 heteroatoms. The first-order chi connectivity index (χ1) is 12.6. The molecule has 132 valence electrons. The SMILES string of the molecule is O=C1Nc2cc(F)ccc2/C1=C\Nc1ccc(N2CC=CCC2)c(F)c1. The number of carbonyl (C=O) groups excluding carboxylic acids is 1. The molecule has 1 amide bonds. The lowest BCUT2D eigenvalue weighted by molar-refractivity contribution is -0.110. The van der Waals surface area contributed by atoms with Crippen LogP contribution in [-0.4, -0.2) is 19.0 Å². The fraction of sp³-hybridized carbons (Fsp3) is 0.150. The monoisotopic (exact) mass is 353 g/mol. The zero-order valence-electron chi connectivity index (χ0n) is 13.9. The standard InChI is InChI=1S/C20H17F2N3O/c21-13-4-6-15-16(20(26)24-18(15)10-13)12-23-14-5-7-19(17(22)11-14)25-8-2-1-3-9-25/h1-2,4-7,10-12,23H,3,8-9H2,(H,24,26)/b16-12+. The third kappa shape index (κ3) is 3.06. The van der Waals surface area contributed by atoms with Gasteiger partial charge < -0.3 is 15.5 Å². The fourth-order valence-corrected chi connectivity index (χ4v) is 3.18. The minimum Gasteiger partial charge on any atom is -0.365 e. The molecule has 4 rings (SSSR count). The van der Waals surface area contributed by atoms with Crippen LogP contribution in [0.5, 0.6) is 0 Å². The van der Waals surface area contributed by atoms with Crippen LogP contribution in [0.25, 0.3) is 5.57 Å². The van der Waals surface area contributed by atoms with Crippen molar-refractivity contribution in [3.8, 4) is 0 Å². The number of hydrogen-bond acceptors (Lipinski definition) is 3. The van der Waals surface area contributed by atoms with Gasteiger partial charge in [0, 0.05) is 30.5 Å². The lowest BCUT2D eigenvalue weighted by atomic mass is 10.1. The van der Waals surface area contributed by atoms with Gasteiger partial charge in [0.25, 0.3) is 5.91 Å². The average Bonchev–Trinajstić information content (AvgIpc) is 2.95. The molecule has 0 fully saturated rings. The number of hydrogen-bond donors (Lipinski definition) is 2. The molecule has 0 radical (unpaired) electrons. The van der Waals surface area contributed by atoms with Gasteiger partial charge in [0.05, 0.1) is 16.9 Å². The van der Waals surface area contributed by atoms with Crippen molar-refractivity contribution in [1.82, 2.24) is 0 Å². The lowest BCUT2D eigenvalue weighted by Gasteiger charge is -2.26. The number of halogens is 2. The van der Waals surface area contributed by atoms with Gasteiger partial charge in [-0.3, -0.25) is 4.79 Å². The molecule has 2 heterocycles. The van der Waals surface area contributed by atoms with E-state index in [0.717, 1.165) is 13.0 Å². The van der Waals surface area contributed by atoms with E-state index in [1.807, 2.05) is 11.0 Å². The third-order valence-electron chi connectivity index (χ3n) is 4.49. The minimum absolute atomic E-state index is 0.318. The molecule has 2 aliphatic heterocycles. The Hall–Kier alpha value is -3.15. The smallest absolute Gasteiger partial charge is 0.257 e. The first-order valence-electron chi connectivity index (χ1n) is 8.39. The highest BCUT2D eigenvalue weighted by molar-refractivity contribution is 6.31. The maximum Gasteiger partial charge on any atom is 0.257 e. The molecule has 0 aliphatic carbocycles. The summed E-state index contributed by atoms with van der Waals surface area (Å²) in [4.78, 5) is 14.0. The molecule has 2 N–H and O–H groups in total. The van der Waals surface area contributed by atoms with Crippen LogP contribution in [-0.2, 0) is 4.79 Å². The van der Waals surface area contributed by atoms with Gasteiger partial charge in [-0.25, -0.2) is 8.78 Å². The summed E-state index contributed by atoms with van der Waals surface area (Å²) in [7, 11) is 0. The van der Waals surface area contributed by atoms with Gasteiger partial charge >= 0.3 is 0 Å². The van der Waals surface area contributed by atoms with Crippen molar-refractivity contribution in [3.05, 3.63) is 71.9 Å². The molecule has 0 atom stereocenters. The molecule has 0 saturated carbocycles. The van der Waals surface area contributed by atoms with E-state index in [2.05, 4.69) is 16.7 Å². The molecule has 26 heavy (non-hydrogen) atoms. The van der Waals surface area contributed by atoms with Crippen LogP contribution >= 0.6 is 0 Å². The normalized spacial score (nSPS) is 17.4. The molecule has 0 saturated heterocycles. The summed E-state index contributed by atoms with van der Waals surface area (Å²) in [5, 5.41) is 5.57. The Kier molecular flexibility index (Phi) is 4.16. The topological polar surface area (TPSA) is 44.4 Å². The van der Waals surface area contributed by atoms with E-state index in [0.29, 0.717) is 34.7 Å². The van der Waals surface area contributed by atoms with Crippen LogP contribution in [0.3, 0.4) is 0 Å². The maximum atomic E-state index is 14.4. The Morgan fingerprint density at radius 2 is 2.00 bits per heavy atom. The number of rotatable bonds is 3. The summed E-state index contributed by atoms with van der Waals surface area (Å²) in [5.74, 6) is -1.05. The van der Waals surface area contributed by atoms with E-state index in [-0.39, 0.29) is 11.7 Å². The predicted molar refractivity (Wildman–Crippen MR) is 99.0 cm³/mol. The second-order valence-electron chi connectivity index (χ2n) is 6.22. The molecule has 0 unspecified atom stereocenters. The van der Waals surface area contributed by atoms with Gasteiger partial charge in [-0.2, -0.15) is 0 Å². The van der Waals surface area contributed by atoms with E-state index in [1.165, 1.54) is 24.4 Å². The Morgan fingerprint density at radius 3 is 2.77 bits per heavy atom. The number of benzene rings is 2. The number of carbonyl (C=O) groups is 1. The van der Waals surface area contributed by atoms with Crippen molar-refractivity contribution in [3.63, 3.8) is 0 Å². The molecule has 0 spiro atoms. The first-order valence-corrected chi connectivity index (χ1v) is 8.39. The van der Waals surface area contributed by atoms with Crippen molar-refractivity contribution in [2.24, 2.45) is 0 Å². The van der Waals surface area contributed by atoms with E-state index in [9.17, 15) is 13.6 Å². The summed E-state index contributed by atoms with van der Waals surface area (Å²) < 4.78 is 27.7. The number of amides is 1. The highest BCUT2D eigenvalue weighted by Crippen LogP contribution is 2.32. The molecule has 2 aliphatic rings. The quantitative estimate of drug-likeness (QED) is 0.644. The van der Waals surface area contributed by atoms with Crippen LogP contribution in [0.15, 0.2) is 54.8 Å². The number of nitrogens with zero attached hydrogens (tertiary/aromatic N) is 1. The molecule has 2 aromatic carbocycles. The molecule has 4 nitrogen and oxygen atoms in total. The second kappa shape index (κ2) is 6.63. The van der Waals surface area contributed by atoms with Crippen LogP contribution < -0.4 is 15.5 Å². The maximum absolute atomic E-state index is 14.4. The summed E-state index contributed by atoms with van der Waals surface area (Å²) >= 11 is 0. The summed E-state index contributed by atoms with van der Waals surface area (Å²) in [6, 6.07) is 9.02. The van der Waals surface area contributed by atoms with Gasteiger partial charge in [-0.05, 0) is 42.8 Å². The number of fused-ring (bicyclic) bond motifs is 1. The molecule has 2 aromatic rings. The van der Waals surface area contributed by atoms with Gasteiger partial charge in [0.1, 0.15) is 11.6 Å². The van der Waals surface area contributed by atoms with Crippen molar-refractivity contribution < 1.29 is 13.6 Å². The predicted octanol–water partition coefficient (Wildman–Crippen LogP) is 4.14. The largest absolute Gasteiger partial charge is 0.365 e. The molecule has 0 aromatic heterocycles. The molecule has 0 bridgehead atoms. The van der Waals surface area contributed by atoms with Gasteiger partial charge in [0.15, 0.2) is 0 Å². The summed E-state index contributed by atoms with van der Waals surface area (Å²) in [5.41, 5.74) is 2.52. The van der Waals surface area contributed by atoms with E-state index >= 15 is 0 Å². The van der Waals surface area contributed by atoms with Crippen molar-refractivity contribution in [1.29, 1.82) is 0 Å². The zero-order chi connectivity index (χ0) is 18.1. The van der Waals surface area contributed by atoms with Crippen LogP contribution in [0, 0.1) is 11.6 Å². The third-order valence-corrected chi connectivity index (χ3v) is 4.49. The molecular weight excluding hydrogens is 336 g/mol. The Labute approximate surface area is 149 Å². The van der Waals surface area contributed by atoms with Crippen molar-refractivity contribution in [2.75, 3.05) is 28.6 Å². The summed E-state index contributed by atoms with van der Waals surface area (Å²) in [6.45, 7) is 1.49. The van der Waals surface area contributed by atoms with Crippen molar-refractivity contribution in [2.45, 2.75) is 6.42 Å².